The Bertz CT molecular complexity index is 1800. The first-order valence-electron chi connectivity index (χ1n) is 13.6. The number of hydrogen-bond donors (Lipinski definition) is 3. The van der Waals surface area contributed by atoms with Crippen molar-refractivity contribution in [2.24, 2.45) is 5.73 Å². The average molecular weight is 614 g/mol. The van der Waals surface area contributed by atoms with E-state index in [1.807, 2.05) is 0 Å². The van der Waals surface area contributed by atoms with Gasteiger partial charge in [0.2, 0.25) is 17.4 Å². The molecule has 1 aliphatic carbocycles. The van der Waals surface area contributed by atoms with Gasteiger partial charge in [0.05, 0.1) is 30.6 Å². The molecule has 6 rings (SSSR count). The van der Waals surface area contributed by atoms with Crippen LogP contribution in [-0.2, 0) is 15.8 Å². The molecule has 2 aliphatic rings. The summed E-state index contributed by atoms with van der Waals surface area (Å²) < 4.78 is 70.3. The van der Waals surface area contributed by atoms with Crippen molar-refractivity contribution < 1.29 is 41.7 Å². The second-order valence-electron chi connectivity index (χ2n) is 11.2. The Balaban J connectivity index is 1.40. The van der Waals surface area contributed by atoms with E-state index in [-0.39, 0.29) is 40.6 Å². The van der Waals surface area contributed by atoms with Gasteiger partial charge in [0, 0.05) is 28.7 Å². The molecule has 2 atom stereocenters. The number of benzene rings is 1. The second kappa shape index (κ2) is 10.2. The number of primary amides is 1. The number of ether oxygens (including phenoxy) is 2. The maximum Gasteiger partial charge on any atom is 0.424 e. The van der Waals surface area contributed by atoms with Gasteiger partial charge in [0.25, 0.3) is 5.91 Å². The Morgan fingerprint density at radius 1 is 1.18 bits per heavy atom. The lowest BCUT2D eigenvalue weighted by Crippen LogP contribution is -2.51. The molecule has 230 valence electrons. The number of fused-ring (bicyclic) bond motifs is 2. The lowest BCUT2D eigenvalue weighted by atomic mass is 9.81. The summed E-state index contributed by atoms with van der Waals surface area (Å²) in [6.45, 7) is -0.236. The third-order valence-electron chi connectivity index (χ3n) is 8.15. The first-order chi connectivity index (χ1) is 20.7. The van der Waals surface area contributed by atoms with Gasteiger partial charge in [-0.1, -0.05) is 0 Å². The molecule has 0 spiro atoms. The number of carbonyl (C=O) groups excluding carboxylic acids is 2. The molecule has 0 radical (unpaired) electrons. The SMILES string of the molecule is COc1cc(C(=O)NCC(O)(c2cc3c(c(-c4ccc(F)cc4)n2)OC[C@]3(C)C(N)=O)C(F)(F)F)cc2cc(C3CC3)nn12. The highest BCUT2D eigenvalue weighted by Crippen LogP contribution is 2.48. The minimum Gasteiger partial charge on any atom is -0.489 e. The van der Waals surface area contributed by atoms with E-state index in [1.54, 1.807) is 6.07 Å². The largest absolute Gasteiger partial charge is 0.489 e. The van der Waals surface area contributed by atoms with Crippen LogP contribution in [0.4, 0.5) is 17.6 Å². The number of alkyl halides is 3. The molecule has 1 unspecified atom stereocenters. The van der Waals surface area contributed by atoms with E-state index in [0.29, 0.717) is 11.4 Å². The van der Waals surface area contributed by atoms with E-state index < -0.39 is 47.1 Å². The minimum absolute atomic E-state index is 0.0234. The van der Waals surface area contributed by atoms with Crippen molar-refractivity contribution in [1.29, 1.82) is 0 Å². The summed E-state index contributed by atoms with van der Waals surface area (Å²) in [4.78, 5) is 29.7. The van der Waals surface area contributed by atoms with Crippen molar-refractivity contribution in [1.82, 2.24) is 19.9 Å². The second-order valence-corrected chi connectivity index (χ2v) is 11.2. The maximum absolute atomic E-state index is 14.7. The summed E-state index contributed by atoms with van der Waals surface area (Å²) in [6, 6.07) is 10.2. The van der Waals surface area contributed by atoms with Crippen LogP contribution in [0.25, 0.3) is 16.8 Å². The van der Waals surface area contributed by atoms with Crippen LogP contribution in [0.3, 0.4) is 0 Å². The van der Waals surface area contributed by atoms with Gasteiger partial charge in [0.15, 0.2) is 0 Å². The molecule has 4 N–H and O–H groups in total. The number of hydrogen-bond acceptors (Lipinski definition) is 7. The Labute approximate surface area is 247 Å². The number of nitrogens with two attached hydrogens (primary N) is 1. The lowest BCUT2D eigenvalue weighted by Gasteiger charge is -2.31. The van der Waals surface area contributed by atoms with Crippen molar-refractivity contribution in [3.8, 4) is 22.9 Å². The van der Waals surface area contributed by atoms with Crippen LogP contribution in [0.2, 0.25) is 0 Å². The summed E-state index contributed by atoms with van der Waals surface area (Å²) in [5.74, 6) is -1.93. The van der Waals surface area contributed by atoms with Crippen LogP contribution in [0.1, 0.15) is 53.0 Å². The molecular weight excluding hydrogens is 586 g/mol. The van der Waals surface area contributed by atoms with Crippen molar-refractivity contribution in [2.75, 3.05) is 20.3 Å². The van der Waals surface area contributed by atoms with Crippen LogP contribution in [0, 0.1) is 5.82 Å². The molecule has 4 aromatic rings. The van der Waals surface area contributed by atoms with Crippen molar-refractivity contribution in [3.05, 3.63) is 76.9 Å². The summed E-state index contributed by atoms with van der Waals surface area (Å²) in [5, 5.41) is 17.9. The molecule has 1 fully saturated rings. The number of nitrogens with zero attached hydrogens (tertiary/aromatic N) is 3. The first kappa shape index (κ1) is 29.4. The third kappa shape index (κ3) is 4.78. The normalized spacial score (nSPS) is 19.2. The van der Waals surface area contributed by atoms with Crippen LogP contribution >= 0.6 is 0 Å². The monoisotopic (exact) mass is 613 g/mol. The van der Waals surface area contributed by atoms with Crippen molar-refractivity contribution in [3.63, 3.8) is 0 Å². The molecule has 10 nitrogen and oxygen atoms in total. The number of aliphatic hydroxyl groups is 1. The average Bonchev–Trinajstić information content (AvgIpc) is 3.65. The number of aromatic nitrogens is 3. The van der Waals surface area contributed by atoms with Gasteiger partial charge in [-0.3, -0.25) is 9.59 Å². The minimum atomic E-state index is -5.35. The van der Waals surface area contributed by atoms with Crippen molar-refractivity contribution in [2.45, 2.75) is 42.9 Å². The third-order valence-corrected chi connectivity index (χ3v) is 8.15. The van der Waals surface area contributed by atoms with Gasteiger partial charge in [-0.15, -0.1) is 0 Å². The quantitative estimate of drug-likeness (QED) is 0.257. The fourth-order valence-electron chi connectivity index (χ4n) is 5.19. The molecular formula is C30H27F4N5O5. The van der Waals surface area contributed by atoms with Crippen molar-refractivity contribution >= 4 is 17.3 Å². The fourth-order valence-corrected chi connectivity index (χ4v) is 5.19. The van der Waals surface area contributed by atoms with Crippen LogP contribution in [-0.4, -0.2) is 58.0 Å². The highest BCUT2D eigenvalue weighted by molar-refractivity contribution is 5.96. The lowest BCUT2D eigenvalue weighted by molar-refractivity contribution is -0.265. The highest BCUT2D eigenvalue weighted by atomic mass is 19.4. The zero-order valence-electron chi connectivity index (χ0n) is 23.5. The number of methoxy groups -OCH3 is 1. The smallest absolute Gasteiger partial charge is 0.424 e. The Hall–Kier alpha value is -4.72. The Kier molecular flexibility index (Phi) is 6.79. The topological polar surface area (TPSA) is 141 Å². The van der Waals surface area contributed by atoms with E-state index in [1.165, 1.54) is 42.8 Å². The summed E-state index contributed by atoms with van der Waals surface area (Å²) in [6.07, 6.45) is -3.38. The first-order valence-corrected chi connectivity index (χ1v) is 13.6. The number of carbonyl (C=O) groups is 2. The van der Waals surface area contributed by atoms with Crippen LogP contribution in [0.5, 0.6) is 11.6 Å². The van der Waals surface area contributed by atoms with E-state index >= 15 is 0 Å². The zero-order chi connectivity index (χ0) is 31.6. The summed E-state index contributed by atoms with van der Waals surface area (Å²) >= 11 is 0. The Morgan fingerprint density at radius 2 is 1.89 bits per heavy atom. The molecule has 0 bridgehead atoms. The predicted molar refractivity (Wildman–Crippen MR) is 148 cm³/mol. The van der Waals surface area contributed by atoms with E-state index in [2.05, 4.69) is 15.4 Å². The number of pyridine rings is 2. The molecule has 1 aliphatic heterocycles. The van der Waals surface area contributed by atoms with Gasteiger partial charge in [-0.25, -0.2) is 13.9 Å². The zero-order valence-corrected chi connectivity index (χ0v) is 23.5. The number of halogens is 4. The maximum atomic E-state index is 14.7. The number of amides is 2. The predicted octanol–water partition coefficient (Wildman–Crippen LogP) is 3.74. The summed E-state index contributed by atoms with van der Waals surface area (Å²) in [7, 11) is 1.37. The molecule has 44 heavy (non-hydrogen) atoms. The van der Waals surface area contributed by atoms with Gasteiger partial charge >= 0.3 is 6.18 Å². The van der Waals surface area contributed by atoms with E-state index in [9.17, 15) is 32.3 Å². The number of rotatable bonds is 8. The fraction of sp³-hybridized carbons (Fsp3) is 0.333. The molecule has 4 heterocycles. The molecule has 1 aromatic carbocycles. The van der Waals surface area contributed by atoms with Crippen LogP contribution in [0.15, 0.2) is 48.5 Å². The standard InChI is InChI=1S/C30H27F4N5O5/c1-28(27(35)41)14-44-25-20(28)12-22(37-24(25)16-5-7-18(31)8-6-16)29(42,30(32,33)34)13-36-26(40)17-9-19-11-21(15-3-4-15)38-39(19)23(10-17)43-2/h5-12,15,42H,3-4,13-14H2,1-2H3,(H2,35,41)(H,36,40)/t28-,29?/m0/s1. The number of nitrogens with one attached hydrogen (secondary N) is 1. The van der Waals surface area contributed by atoms with Gasteiger partial charge in [0.1, 0.15) is 29.3 Å². The van der Waals surface area contributed by atoms with E-state index in [0.717, 1.165) is 36.7 Å². The highest BCUT2D eigenvalue weighted by Gasteiger charge is 2.57. The van der Waals surface area contributed by atoms with Gasteiger partial charge < -0.3 is 25.6 Å². The molecule has 3 aromatic heterocycles. The molecule has 1 saturated carbocycles. The molecule has 0 saturated heterocycles. The summed E-state index contributed by atoms with van der Waals surface area (Å²) in [5.41, 5.74) is 0.665. The molecule has 14 heteroatoms. The van der Waals surface area contributed by atoms with E-state index in [4.69, 9.17) is 15.2 Å². The van der Waals surface area contributed by atoms with Gasteiger partial charge in [-0.2, -0.15) is 18.3 Å². The van der Waals surface area contributed by atoms with Gasteiger partial charge in [-0.05, 0) is 62.2 Å². The Morgan fingerprint density at radius 3 is 2.50 bits per heavy atom. The molecule has 2 amide bonds. The van der Waals surface area contributed by atoms with Crippen LogP contribution < -0.4 is 20.5 Å².